The first-order valence-electron chi connectivity index (χ1n) is 8.73. The van der Waals surface area contributed by atoms with Gasteiger partial charge in [0.15, 0.2) is 0 Å². The van der Waals surface area contributed by atoms with Crippen molar-refractivity contribution in [1.29, 1.82) is 0 Å². The molecule has 9 nitrogen and oxygen atoms in total. The highest BCUT2D eigenvalue weighted by atomic mass is 35.5. The Kier molecular flexibility index (Phi) is 5.47. The molecule has 0 saturated heterocycles. The van der Waals surface area contributed by atoms with Crippen LogP contribution in [0.15, 0.2) is 36.8 Å². The molecule has 4 rings (SSSR count). The van der Waals surface area contributed by atoms with Crippen LogP contribution in [0.5, 0.6) is 11.5 Å². The third-order valence-corrected chi connectivity index (χ3v) is 5.15. The minimum absolute atomic E-state index is 0.159. The number of pyridine rings is 1. The topological polar surface area (TPSA) is 102 Å². The second-order valence-corrected chi connectivity index (χ2v) is 6.96. The number of halogens is 2. The van der Waals surface area contributed by atoms with Gasteiger partial charge in [-0.25, -0.2) is 9.78 Å². The van der Waals surface area contributed by atoms with Crippen molar-refractivity contribution < 1.29 is 14.3 Å². The summed E-state index contributed by atoms with van der Waals surface area (Å²) in [6, 6.07) is 4.67. The third-order valence-electron chi connectivity index (χ3n) is 4.42. The van der Waals surface area contributed by atoms with Crippen molar-refractivity contribution in [3.05, 3.63) is 52.4 Å². The Bertz CT molecular complexity index is 1080. The molecular weight excluding hydrogens is 431 g/mol. The van der Waals surface area contributed by atoms with Crippen LogP contribution in [0.2, 0.25) is 10.0 Å². The highest BCUT2D eigenvalue weighted by Crippen LogP contribution is 2.47. The van der Waals surface area contributed by atoms with Crippen LogP contribution in [0.4, 0.5) is 27.9 Å². The fourth-order valence-corrected chi connectivity index (χ4v) is 3.66. The van der Waals surface area contributed by atoms with Crippen LogP contribution in [0.3, 0.4) is 0 Å². The molecule has 3 heterocycles. The van der Waals surface area contributed by atoms with Crippen molar-refractivity contribution in [2.45, 2.75) is 6.54 Å². The second kappa shape index (κ2) is 8.21. The summed E-state index contributed by atoms with van der Waals surface area (Å²) < 4.78 is 10.6. The largest absolute Gasteiger partial charge is 0.495 e. The smallest absolute Gasteiger partial charge is 0.327 e. The van der Waals surface area contributed by atoms with Gasteiger partial charge in [0.25, 0.3) is 0 Å². The van der Waals surface area contributed by atoms with E-state index >= 15 is 0 Å². The summed E-state index contributed by atoms with van der Waals surface area (Å²) in [5.74, 6) is 1.40. The lowest BCUT2D eigenvalue weighted by Crippen LogP contribution is -2.39. The van der Waals surface area contributed by atoms with Crippen LogP contribution < -0.4 is 25.0 Å². The number of amides is 2. The van der Waals surface area contributed by atoms with Gasteiger partial charge in [-0.2, -0.15) is 4.98 Å². The number of carbonyl (C=O) groups excluding carboxylic acids is 1. The number of ether oxygens (including phenoxy) is 2. The van der Waals surface area contributed by atoms with Crippen molar-refractivity contribution in [3.63, 3.8) is 0 Å². The molecule has 0 radical (unpaired) electrons. The van der Waals surface area contributed by atoms with E-state index in [0.29, 0.717) is 28.8 Å². The first-order valence-corrected chi connectivity index (χ1v) is 9.49. The number of fused-ring (bicyclic) bond motifs is 1. The second-order valence-electron chi connectivity index (χ2n) is 6.20. The number of methoxy groups -OCH3 is 2. The van der Waals surface area contributed by atoms with Gasteiger partial charge in [-0.1, -0.05) is 23.2 Å². The maximum atomic E-state index is 12.9. The third kappa shape index (κ3) is 3.64. The van der Waals surface area contributed by atoms with E-state index in [-0.39, 0.29) is 22.3 Å². The Balaban J connectivity index is 1.67. The van der Waals surface area contributed by atoms with E-state index in [9.17, 15) is 4.79 Å². The summed E-state index contributed by atoms with van der Waals surface area (Å²) in [5, 5.41) is 6.19. The molecule has 0 saturated carbocycles. The SMILES string of the molecule is COc1cc(OC)c(Cl)c(N2Cc3cnc(Nc4ccncc4)nc3NC2=O)c1Cl. The van der Waals surface area contributed by atoms with Crippen molar-refractivity contribution in [2.75, 3.05) is 29.8 Å². The lowest BCUT2D eigenvalue weighted by molar-refractivity contribution is 0.256. The number of carbonyl (C=O) groups is 1. The maximum Gasteiger partial charge on any atom is 0.327 e. The molecule has 1 aliphatic rings. The van der Waals surface area contributed by atoms with Gasteiger partial charge in [0.05, 0.1) is 26.5 Å². The molecule has 0 bridgehead atoms. The molecule has 0 spiro atoms. The number of nitrogens with zero attached hydrogens (tertiary/aromatic N) is 4. The Morgan fingerprint density at radius 2 is 1.80 bits per heavy atom. The van der Waals surface area contributed by atoms with Gasteiger partial charge in [0.1, 0.15) is 27.4 Å². The zero-order chi connectivity index (χ0) is 21.3. The molecule has 0 unspecified atom stereocenters. The normalized spacial score (nSPS) is 12.8. The summed E-state index contributed by atoms with van der Waals surface area (Å²) in [5.41, 5.74) is 1.73. The fraction of sp³-hybridized carbons (Fsp3) is 0.158. The van der Waals surface area contributed by atoms with E-state index in [4.69, 9.17) is 32.7 Å². The van der Waals surface area contributed by atoms with Crippen molar-refractivity contribution in [2.24, 2.45) is 0 Å². The van der Waals surface area contributed by atoms with Crippen LogP contribution in [0.1, 0.15) is 5.56 Å². The molecule has 0 fully saturated rings. The number of benzene rings is 1. The van der Waals surface area contributed by atoms with Gasteiger partial charge in [0.2, 0.25) is 5.95 Å². The molecule has 3 aromatic rings. The Hall–Kier alpha value is -3.30. The zero-order valence-corrected chi connectivity index (χ0v) is 17.5. The van der Waals surface area contributed by atoms with Crippen LogP contribution in [0, 0.1) is 0 Å². The average Bonchev–Trinajstić information content (AvgIpc) is 2.75. The van der Waals surface area contributed by atoms with Gasteiger partial charge in [-0.15, -0.1) is 0 Å². The number of aromatic nitrogens is 3. The highest BCUT2D eigenvalue weighted by Gasteiger charge is 2.31. The van der Waals surface area contributed by atoms with Gasteiger partial charge in [-0.05, 0) is 12.1 Å². The molecule has 1 aromatic carbocycles. The number of rotatable bonds is 5. The van der Waals surface area contributed by atoms with Gasteiger partial charge in [0, 0.05) is 35.9 Å². The standard InChI is InChI=1S/C19H16Cl2N6O3/c1-29-12-7-13(30-2)15(21)16(14(12)20)27-9-10-8-23-18(25-17(10)26-19(27)28)24-11-3-5-22-6-4-11/h3-8H,9H2,1-2H3,(H2,22,23,24,25,26,28). The Morgan fingerprint density at radius 1 is 1.13 bits per heavy atom. The zero-order valence-electron chi connectivity index (χ0n) is 15.9. The quantitative estimate of drug-likeness (QED) is 0.594. The van der Waals surface area contributed by atoms with Crippen molar-refractivity contribution in [3.8, 4) is 11.5 Å². The van der Waals surface area contributed by atoms with E-state index in [1.54, 1.807) is 36.8 Å². The van der Waals surface area contributed by atoms with Crippen LogP contribution in [-0.4, -0.2) is 35.2 Å². The van der Waals surface area contributed by atoms with E-state index in [0.717, 1.165) is 5.69 Å². The molecule has 11 heteroatoms. The predicted molar refractivity (Wildman–Crippen MR) is 114 cm³/mol. The first kappa shape index (κ1) is 20.0. The van der Waals surface area contributed by atoms with E-state index < -0.39 is 6.03 Å². The van der Waals surface area contributed by atoms with Crippen molar-refractivity contribution in [1.82, 2.24) is 15.0 Å². The molecule has 2 amide bonds. The van der Waals surface area contributed by atoms with Gasteiger partial charge in [-0.3, -0.25) is 15.2 Å². The fourth-order valence-electron chi connectivity index (χ4n) is 2.96. The molecule has 1 aliphatic heterocycles. The van der Waals surface area contributed by atoms with Crippen LogP contribution >= 0.6 is 23.2 Å². The van der Waals surface area contributed by atoms with Crippen LogP contribution in [-0.2, 0) is 6.54 Å². The summed E-state index contributed by atoms with van der Waals surface area (Å²) in [6.07, 6.45) is 4.92. The number of urea groups is 1. The van der Waals surface area contributed by atoms with Crippen molar-refractivity contribution >= 4 is 52.4 Å². The van der Waals surface area contributed by atoms with E-state index in [2.05, 4.69) is 25.6 Å². The summed E-state index contributed by atoms with van der Waals surface area (Å²) >= 11 is 12.9. The lowest BCUT2D eigenvalue weighted by atomic mass is 10.2. The number of anilines is 4. The highest BCUT2D eigenvalue weighted by molar-refractivity contribution is 6.42. The Morgan fingerprint density at radius 3 is 2.43 bits per heavy atom. The summed E-state index contributed by atoms with van der Waals surface area (Å²) in [4.78, 5) is 26.9. The number of hydrogen-bond acceptors (Lipinski definition) is 7. The van der Waals surface area contributed by atoms with Crippen LogP contribution in [0.25, 0.3) is 0 Å². The first-order chi connectivity index (χ1) is 14.5. The van der Waals surface area contributed by atoms with Gasteiger partial charge >= 0.3 is 6.03 Å². The average molecular weight is 447 g/mol. The number of nitrogens with one attached hydrogen (secondary N) is 2. The molecule has 154 valence electrons. The maximum absolute atomic E-state index is 12.9. The van der Waals surface area contributed by atoms with E-state index in [1.165, 1.54) is 19.1 Å². The van der Waals surface area contributed by atoms with E-state index in [1.807, 2.05) is 0 Å². The van der Waals surface area contributed by atoms with Gasteiger partial charge < -0.3 is 14.8 Å². The monoisotopic (exact) mass is 446 g/mol. The molecule has 0 atom stereocenters. The Labute approximate surface area is 182 Å². The predicted octanol–water partition coefficient (Wildman–Crippen LogP) is 4.49. The minimum atomic E-state index is -0.449. The lowest BCUT2D eigenvalue weighted by Gasteiger charge is -2.30. The molecule has 2 N–H and O–H groups in total. The summed E-state index contributed by atoms with van der Waals surface area (Å²) in [7, 11) is 2.93. The molecule has 30 heavy (non-hydrogen) atoms. The molecule has 0 aliphatic carbocycles. The number of hydrogen-bond donors (Lipinski definition) is 2. The summed E-state index contributed by atoms with van der Waals surface area (Å²) in [6.45, 7) is 0.159. The molecular formula is C19H16Cl2N6O3. The minimum Gasteiger partial charge on any atom is -0.495 e. The molecule has 2 aromatic heterocycles.